The molecule has 1 aliphatic heterocycles. The van der Waals surface area contributed by atoms with Gasteiger partial charge in [-0.1, -0.05) is 35.9 Å². The van der Waals surface area contributed by atoms with E-state index in [-0.39, 0.29) is 12.5 Å². The van der Waals surface area contributed by atoms with E-state index in [1.54, 1.807) is 17.0 Å². The van der Waals surface area contributed by atoms with Crippen LogP contribution in [0.4, 0.5) is 0 Å². The normalized spacial score (nSPS) is 12.6. The second-order valence-electron chi connectivity index (χ2n) is 5.57. The molecule has 0 saturated heterocycles. The first-order chi connectivity index (χ1) is 12.2. The van der Waals surface area contributed by atoms with E-state index in [1.807, 2.05) is 37.3 Å². The van der Waals surface area contributed by atoms with Gasteiger partial charge in [0.05, 0.1) is 5.02 Å². The average molecular weight is 362 g/mol. The van der Waals surface area contributed by atoms with Crippen LogP contribution in [0.5, 0.6) is 17.2 Å². The zero-order valence-corrected chi connectivity index (χ0v) is 14.8. The molecule has 0 aromatic heterocycles. The molecule has 132 valence electrons. The van der Waals surface area contributed by atoms with Gasteiger partial charge in [-0.2, -0.15) is 0 Å². The van der Waals surface area contributed by atoms with Crippen LogP contribution in [0.2, 0.25) is 5.02 Å². The molecule has 0 saturated carbocycles. The summed E-state index contributed by atoms with van der Waals surface area (Å²) in [5.41, 5.74) is 0.921. The van der Waals surface area contributed by atoms with E-state index in [0.29, 0.717) is 42.8 Å². The molecule has 0 bridgehead atoms. The topological polar surface area (TPSA) is 48.0 Å². The highest BCUT2D eigenvalue weighted by atomic mass is 35.5. The molecule has 0 fully saturated rings. The zero-order chi connectivity index (χ0) is 17.6. The van der Waals surface area contributed by atoms with Crippen molar-refractivity contribution in [3.63, 3.8) is 0 Å². The summed E-state index contributed by atoms with van der Waals surface area (Å²) in [4.78, 5) is 14.2. The van der Waals surface area contributed by atoms with E-state index in [0.717, 1.165) is 11.3 Å². The quantitative estimate of drug-likeness (QED) is 0.789. The summed E-state index contributed by atoms with van der Waals surface area (Å²) in [5.74, 6) is 1.82. The minimum absolute atomic E-state index is 0.0655. The first-order valence-electron chi connectivity index (χ1n) is 8.21. The molecule has 1 aliphatic rings. The number of rotatable bonds is 6. The van der Waals surface area contributed by atoms with Crippen LogP contribution in [0, 0.1) is 0 Å². The Morgan fingerprint density at radius 1 is 1.16 bits per heavy atom. The Balaban J connectivity index is 1.66. The summed E-state index contributed by atoms with van der Waals surface area (Å²) in [5, 5.41) is 0.487. The maximum Gasteiger partial charge on any atom is 0.260 e. The molecule has 0 aliphatic carbocycles. The van der Waals surface area contributed by atoms with Crippen molar-refractivity contribution < 1.29 is 19.0 Å². The standard InChI is InChI=1S/C19H20ClNO4/c1-2-21(18(22)13-25-16-8-4-3-7-15(16)20)12-14-6-5-9-17-19(14)24-11-10-23-17/h3-9H,2,10-13H2,1H3. The number of carbonyl (C=O) groups excluding carboxylic acids is 1. The Hall–Kier alpha value is -2.40. The molecule has 1 heterocycles. The molecule has 25 heavy (non-hydrogen) atoms. The Kier molecular flexibility index (Phi) is 5.66. The monoisotopic (exact) mass is 361 g/mol. The van der Waals surface area contributed by atoms with Crippen LogP contribution in [0.15, 0.2) is 42.5 Å². The van der Waals surface area contributed by atoms with Crippen LogP contribution in [0.1, 0.15) is 12.5 Å². The molecule has 0 spiro atoms. The number of ether oxygens (including phenoxy) is 3. The van der Waals surface area contributed by atoms with Crippen LogP contribution < -0.4 is 14.2 Å². The third kappa shape index (κ3) is 4.17. The minimum Gasteiger partial charge on any atom is -0.486 e. The largest absolute Gasteiger partial charge is 0.486 e. The van der Waals surface area contributed by atoms with Gasteiger partial charge in [-0.25, -0.2) is 0 Å². The summed E-state index contributed by atoms with van der Waals surface area (Å²) in [6.45, 7) is 3.92. The fourth-order valence-corrected chi connectivity index (χ4v) is 2.82. The highest BCUT2D eigenvalue weighted by molar-refractivity contribution is 6.32. The molecule has 1 amide bonds. The number of amides is 1. The number of nitrogens with zero attached hydrogens (tertiary/aromatic N) is 1. The second kappa shape index (κ2) is 8.12. The molecule has 0 atom stereocenters. The van der Waals surface area contributed by atoms with Crippen molar-refractivity contribution in [2.45, 2.75) is 13.5 Å². The van der Waals surface area contributed by atoms with Gasteiger partial charge < -0.3 is 19.1 Å². The van der Waals surface area contributed by atoms with E-state index >= 15 is 0 Å². The molecule has 3 rings (SSSR count). The number of para-hydroxylation sites is 2. The van der Waals surface area contributed by atoms with Crippen molar-refractivity contribution in [1.29, 1.82) is 0 Å². The van der Waals surface area contributed by atoms with E-state index in [9.17, 15) is 4.79 Å². The first-order valence-corrected chi connectivity index (χ1v) is 8.59. The van der Waals surface area contributed by atoms with Gasteiger partial charge in [-0.3, -0.25) is 4.79 Å². The first kappa shape index (κ1) is 17.4. The van der Waals surface area contributed by atoms with E-state index < -0.39 is 0 Å². The van der Waals surface area contributed by atoms with Crippen molar-refractivity contribution >= 4 is 17.5 Å². The number of hydrogen-bond donors (Lipinski definition) is 0. The fourth-order valence-electron chi connectivity index (χ4n) is 2.63. The zero-order valence-electron chi connectivity index (χ0n) is 14.0. The molecule has 0 N–H and O–H groups in total. The van der Waals surface area contributed by atoms with Crippen LogP contribution in [0.25, 0.3) is 0 Å². The molecular weight excluding hydrogens is 342 g/mol. The molecule has 6 heteroatoms. The van der Waals surface area contributed by atoms with Crippen molar-refractivity contribution in [3.05, 3.63) is 53.1 Å². The Morgan fingerprint density at radius 3 is 2.76 bits per heavy atom. The number of benzene rings is 2. The second-order valence-corrected chi connectivity index (χ2v) is 5.98. The van der Waals surface area contributed by atoms with Gasteiger partial charge >= 0.3 is 0 Å². The van der Waals surface area contributed by atoms with Crippen molar-refractivity contribution in [3.8, 4) is 17.2 Å². The number of carbonyl (C=O) groups is 1. The third-order valence-corrected chi connectivity index (χ3v) is 4.24. The highest BCUT2D eigenvalue weighted by Gasteiger charge is 2.20. The van der Waals surface area contributed by atoms with Gasteiger partial charge in [0, 0.05) is 18.7 Å². The highest BCUT2D eigenvalue weighted by Crippen LogP contribution is 2.34. The fraction of sp³-hybridized carbons (Fsp3) is 0.316. The van der Waals surface area contributed by atoms with Crippen LogP contribution in [-0.4, -0.2) is 37.2 Å². The molecule has 5 nitrogen and oxygen atoms in total. The molecule has 0 unspecified atom stereocenters. The van der Waals surface area contributed by atoms with E-state index in [4.69, 9.17) is 25.8 Å². The van der Waals surface area contributed by atoms with Crippen molar-refractivity contribution in [2.24, 2.45) is 0 Å². The lowest BCUT2D eigenvalue weighted by atomic mass is 10.1. The summed E-state index contributed by atoms with van der Waals surface area (Å²) < 4.78 is 16.9. The van der Waals surface area contributed by atoms with Crippen LogP contribution in [-0.2, 0) is 11.3 Å². The molecule has 2 aromatic carbocycles. The molecular formula is C19H20ClNO4. The molecule has 0 radical (unpaired) electrons. The predicted octanol–water partition coefficient (Wildman–Crippen LogP) is 3.54. The summed E-state index contributed by atoms with van der Waals surface area (Å²) in [7, 11) is 0. The maximum absolute atomic E-state index is 12.5. The van der Waals surface area contributed by atoms with Gasteiger partial charge in [0.25, 0.3) is 5.91 Å². The minimum atomic E-state index is -0.114. The van der Waals surface area contributed by atoms with Gasteiger partial charge in [0.15, 0.2) is 18.1 Å². The third-order valence-electron chi connectivity index (χ3n) is 3.93. The number of halogens is 1. The van der Waals surface area contributed by atoms with Crippen LogP contribution >= 0.6 is 11.6 Å². The molecule has 2 aromatic rings. The van der Waals surface area contributed by atoms with Gasteiger partial charge in [0.2, 0.25) is 0 Å². The lowest BCUT2D eigenvalue weighted by Gasteiger charge is -2.25. The lowest BCUT2D eigenvalue weighted by molar-refractivity contribution is -0.133. The smallest absolute Gasteiger partial charge is 0.260 e. The Bertz CT molecular complexity index is 750. The summed E-state index contributed by atoms with van der Waals surface area (Å²) >= 11 is 6.05. The number of hydrogen-bond acceptors (Lipinski definition) is 4. The Labute approximate surface area is 152 Å². The lowest BCUT2D eigenvalue weighted by Crippen LogP contribution is -2.34. The van der Waals surface area contributed by atoms with Crippen LogP contribution in [0.3, 0.4) is 0 Å². The van der Waals surface area contributed by atoms with Crippen molar-refractivity contribution in [1.82, 2.24) is 4.90 Å². The van der Waals surface area contributed by atoms with Gasteiger partial charge in [-0.15, -0.1) is 0 Å². The van der Waals surface area contributed by atoms with Crippen molar-refractivity contribution in [2.75, 3.05) is 26.4 Å². The summed E-state index contributed by atoms with van der Waals surface area (Å²) in [6, 6.07) is 12.8. The number of fused-ring (bicyclic) bond motifs is 1. The van der Waals surface area contributed by atoms with E-state index in [1.165, 1.54) is 0 Å². The van der Waals surface area contributed by atoms with Gasteiger partial charge in [-0.05, 0) is 25.1 Å². The maximum atomic E-state index is 12.5. The van der Waals surface area contributed by atoms with E-state index in [2.05, 4.69) is 0 Å². The van der Waals surface area contributed by atoms with Gasteiger partial charge in [0.1, 0.15) is 19.0 Å². The Morgan fingerprint density at radius 2 is 1.96 bits per heavy atom. The summed E-state index contributed by atoms with van der Waals surface area (Å²) in [6.07, 6.45) is 0. The SMILES string of the molecule is CCN(Cc1cccc2c1OCCO2)C(=O)COc1ccccc1Cl. The number of likely N-dealkylation sites (N-methyl/N-ethyl adjacent to an activating group) is 1. The predicted molar refractivity (Wildman–Crippen MR) is 95.5 cm³/mol. The average Bonchev–Trinajstić information content (AvgIpc) is 2.65.